The van der Waals surface area contributed by atoms with Crippen molar-refractivity contribution >= 4 is 11.6 Å². The number of carbonyl (C=O) groups is 1. The molecule has 0 unspecified atom stereocenters. The summed E-state index contributed by atoms with van der Waals surface area (Å²) in [6, 6.07) is 3.66. The number of aromatic nitrogens is 1. The lowest BCUT2D eigenvalue weighted by molar-refractivity contribution is 0.0751. The van der Waals surface area contributed by atoms with Crippen LogP contribution in [0.3, 0.4) is 0 Å². The fourth-order valence-corrected chi connectivity index (χ4v) is 1.80. The maximum atomic E-state index is 12.2. The number of hydrogen-bond acceptors (Lipinski definition) is 3. The molecule has 1 aliphatic carbocycles. The Kier molecular flexibility index (Phi) is 3.61. The number of hydrogen-bond donors (Lipinski definition) is 1. The monoisotopic (exact) mass is 233 g/mol. The first-order valence-electron chi connectivity index (χ1n) is 6.17. The Balaban J connectivity index is 2.04. The molecule has 1 heterocycles. The van der Waals surface area contributed by atoms with Crippen LogP contribution in [0.15, 0.2) is 18.3 Å². The van der Waals surface area contributed by atoms with E-state index in [1.54, 1.807) is 12.3 Å². The van der Waals surface area contributed by atoms with E-state index < -0.39 is 0 Å². The van der Waals surface area contributed by atoms with Crippen molar-refractivity contribution in [2.75, 3.05) is 25.5 Å². The first-order valence-corrected chi connectivity index (χ1v) is 6.17. The van der Waals surface area contributed by atoms with Gasteiger partial charge in [0.15, 0.2) is 0 Å². The third kappa shape index (κ3) is 2.96. The van der Waals surface area contributed by atoms with Gasteiger partial charge in [-0.3, -0.25) is 4.79 Å². The van der Waals surface area contributed by atoms with Gasteiger partial charge in [0.05, 0.1) is 11.9 Å². The van der Waals surface area contributed by atoms with E-state index in [9.17, 15) is 4.79 Å². The van der Waals surface area contributed by atoms with Crippen molar-refractivity contribution in [3.05, 3.63) is 24.0 Å². The van der Waals surface area contributed by atoms with Crippen LogP contribution in [0.1, 0.15) is 30.3 Å². The molecule has 1 N–H and O–H groups in total. The van der Waals surface area contributed by atoms with Crippen molar-refractivity contribution in [1.29, 1.82) is 0 Å². The molecule has 1 aromatic rings. The van der Waals surface area contributed by atoms with Gasteiger partial charge < -0.3 is 10.2 Å². The molecule has 2 rings (SSSR count). The van der Waals surface area contributed by atoms with E-state index >= 15 is 0 Å². The number of nitrogens with zero attached hydrogens (tertiary/aromatic N) is 2. The highest BCUT2D eigenvalue weighted by atomic mass is 16.2. The summed E-state index contributed by atoms with van der Waals surface area (Å²) < 4.78 is 0. The van der Waals surface area contributed by atoms with Crippen LogP contribution in [0.2, 0.25) is 0 Å². The van der Waals surface area contributed by atoms with Gasteiger partial charge in [-0.05, 0) is 37.8 Å². The number of amides is 1. The Morgan fingerprint density at radius 1 is 1.53 bits per heavy atom. The van der Waals surface area contributed by atoms with Crippen LogP contribution in [-0.4, -0.2) is 35.9 Å². The van der Waals surface area contributed by atoms with E-state index in [4.69, 9.17) is 0 Å². The van der Waals surface area contributed by atoms with Gasteiger partial charge >= 0.3 is 0 Å². The van der Waals surface area contributed by atoms with Gasteiger partial charge in [-0.15, -0.1) is 0 Å². The number of anilines is 1. The van der Waals surface area contributed by atoms with Crippen LogP contribution in [0.4, 0.5) is 5.69 Å². The molecular weight excluding hydrogens is 214 g/mol. The van der Waals surface area contributed by atoms with E-state index in [1.165, 1.54) is 12.8 Å². The van der Waals surface area contributed by atoms with Crippen molar-refractivity contribution in [1.82, 2.24) is 9.88 Å². The molecule has 1 saturated carbocycles. The summed E-state index contributed by atoms with van der Waals surface area (Å²) in [5.41, 5.74) is 1.46. The van der Waals surface area contributed by atoms with Crippen molar-refractivity contribution in [2.45, 2.75) is 19.8 Å². The summed E-state index contributed by atoms with van der Waals surface area (Å²) in [6.07, 6.45) is 4.21. The van der Waals surface area contributed by atoms with Gasteiger partial charge in [-0.1, -0.05) is 0 Å². The predicted molar refractivity (Wildman–Crippen MR) is 68.1 cm³/mol. The Bertz CT molecular complexity index is 384. The lowest BCUT2D eigenvalue weighted by Gasteiger charge is -2.20. The predicted octanol–water partition coefficient (Wildman–Crippen LogP) is 2.00. The minimum Gasteiger partial charge on any atom is -0.387 e. The molecule has 0 spiro atoms. The molecule has 1 aromatic heterocycles. The van der Waals surface area contributed by atoms with Gasteiger partial charge in [-0.2, -0.15) is 0 Å². The highest BCUT2D eigenvalue weighted by Crippen LogP contribution is 2.29. The minimum atomic E-state index is 0.0436. The van der Waals surface area contributed by atoms with Gasteiger partial charge in [0, 0.05) is 20.1 Å². The second kappa shape index (κ2) is 5.17. The van der Waals surface area contributed by atoms with E-state index in [-0.39, 0.29) is 5.91 Å². The topological polar surface area (TPSA) is 45.2 Å². The third-order valence-electron chi connectivity index (χ3n) is 3.12. The second-order valence-corrected chi connectivity index (χ2v) is 4.47. The van der Waals surface area contributed by atoms with E-state index in [2.05, 4.69) is 10.3 Å². The van der Waals surface area contributed by atoms with Crippen molar-refractivity contribution in [3.8, 4) is 0 Å². The molecule has 17 heavy (non-hydrogen) atoms. The highest BCUT2D eigenvalue weighted by molar-refractivity contribution is 5.92. The van der Waals surface area contributed by atoms with Crippen molar-refractivity contribution < 1.29 is 4.79 Å². The first-order chi connectivity index (χ1) is 8.24. The molecular formula is C13H19N3O. The normalized spacial score (nSPS) is 14.5. The van der Waals surface area contributed by atoms with Crippen molar-refractivity contribution in [3.63, 3.8) is 0 Å². The Hall–Kier alpha value is -1.58. The number of nitrogens with one attached hydrogen (secondary N) is 1. The van der Waals surface area contributed by atoms with Gasteiger partial charge in [0.1, 0.15) is 5.69 Å². The SMILES string of the molecule is CCN(CC1CC1)C(=O)c1ccc(NC)cn1. The van der Waals surface area contributed by atoms with Crippen LogP contribution in [-0.2, 0) is 0 Å². The van der Waals surface area contributed by atoms with Crippen LogP contribution in [0.25, 0.3) is 0 Å². The lowest BCUT2D eigenvalue weighted by Crippen LogP contribution is -2.33. The smallest absolute Gasteiger partial charge is 0.272 e. The highest BCUT2D eigenvalue weighted by Gasteiger charge is 2.26. The molecule has 1 fully saturated rings. The van der Waals surface area contributed by atoms with Crippen LogP contribution in [0, 0.1) is 5.92 Å². The zero-order chi connectivity index (χ0) is 12.3. The average Bonchev–Trinajstić information content (AvgIpc) is 3.19. The Morgan fingerprint density at radius 3 is 2.76 bits per heavy atom. The maximum Gasteiger partial charge on any atom is 0.272 e. The molecule has 0 aliphatic heterocycles. The molecule has 0 saturated heterocycles. The largest absolute Gasteiger partial charge is 0.387 e. The van der Waals surface area contributed by atoms with E-state index in [1.807, 2.05) is 24.9 Å². The Labute approximate surface area is 102 Å². The molecule has 4 nitrogen and oxygen atoms in total. The molecule has 92 valence electrons. The fraction of sp³-hybridized carbons (Fsp3) is 0.538. The molecule has 0 radical (unpaired) electrons. The number of carbonyl (C=O) groups excluding carboxylic acids is 1. The zero-order valence-electron chi connectivity index (χ0n) is 10.4. The van der Waals surface area contributed by atoms with Gasteiger partial charge in [0.25, 0.3) is 5.91 Å². The second-order valence-electron chi connectivity index (χ2n) is 4.47. The van der Waals surface area contributed by atoms with Crippen molar-refractivity contribution in [2.24, 2.45) is 5.92 Å². The first kappa shape index (κ1) is 11.9. The molecule has 1 aliphatic rings. The van der Waals surface area contributed by atoms with Crippen LogP contribution >= 0.6 is 0 Å². The quantitative estimate of drug-likeness (QED) is 0.846. The van der Waals surface area contributed by atoms with E-state index in [0.717, 1.165) is 24.7 Å². The average molecular weight is 233 g/mol. The summed E-state index contributed by atoms with van der Waals surface area (Å²) in [4.78, 5) is 18.3. The Morgan fingerprint density at radius 2 is 2.29 bits per heavy atom. The molecule has 4 heteroatoms. The summed E-state index contributed by atoms with van der Waals surface area (Å²) in [5.74, 6) is 0.762. The number of rotatable bonds is 5. The summed E-state index contributed by atoms with van der Waals surface area (Å²) in [5, 5.41) is 2.99. The van der Waals surface area contributed by atoms with Gasteiger partial charge in [0.2, 0.25) is 0 Å². The lowest BCUT2D eigenvalue weighted by atomic mass is 10.2. The summed E-state index contributed by atoms with van der Waals surface area (Å²) in [6.45, 7) is 3.65. The van der Waals surface area contributed by atoms with E-state index in [0.29, 0.717) is 5.69 Å². The molecule has 0 bridgehead atoms. The summed E-state index contributed by atoms with van der Waals surface area (Å²) >= 11 is 0. The number of pyridine rings is 1. The summed E-state index contributed by atoms with van der Waals surface area (Å²) in [7, 11) is 1.84. The van der Waals surface area contributed by atoms with Crippen LogP contribution in [0.5, 0.6) is 0 Å². The maximum absolute atomic E-state index is 12.2. The fourth-order valence-electron chi connectivity index (χ4n) is 1.80. The zero-order valence-corrected chi connectivity index (χ0v) is 10.4. The molecule has 1 amide bonds. The minimum absolute atomic E-state index is 0.0436. The standard InChI is InChI=1S/C13H19N3O/c1-3-16(9-10-4-5-10)13(17)12-7-6-11(14-2)8-15-12/h6-8,10,14H,3-5,9H2,1-2H3. The van der Waals surface area contributed by atoms with Crippen LogP contribution < -0.4 is 5.32 Å². The third-order valence-corrected chi connectivity index (χ3v) is 3.12. The molecule has 0 atom stereocenters. The van der Waals surface area contributed by atoms with Gasteiger partial charge in [-0.25, -0.2) is 4.98 Å². The molecule has 0 aromatic carbocycles.